The molecule has 5 heteroatoms. The van der Waals surface area contributed by atoms with Crippen LogP contribution in [0.4, 0.5) is 0 Å². The fraction of sp³-hybridized carbons (Fsp3) is 0.500. The maximum absolute atomic E-state index is 13.0. The number of aromatic nitrogens is 1. The van der Waals surface area contributed by atoms with Crippen molar-refractivity contribution in [3.63, 3.8) is 0 Å². The third-order valence-electron chi connectivity index (χ3n) is 5.64. The number of carbonyl (C=O) groups excluding carboxylic acids is 1. The van der Waals surface area contributed by atoms with Crippen molar-refractivity contribution >= 4 is 16.8 Å². The van der Waals surface area contributed by atoms with Gasteiger partial charge >= 0.3 is 0 Å². The molecule has 1 fully saturated rings. The number of hydrogen-bond acceptors (Lipinski definition) is 4. The molecule has 0 aliphatic carbocycles. The normalized spacial score (nSPS) is 16.9. The summed E-state index contributed by atoms with van der Waals surface area (Å²) >= 11 is 0. The molecule has 134 valence electrons. The topological polar surface area (TPSA) is 62.7 Å². The molecular weight excluding hydrogens is 316 g/mol. The first-order valence-electron chi connectivity index (χ1n) is 8.87. The smallest absolute Gasteiger partial charge is 0.255 e. The summed E-state index contributed by atoms with van der Waals surface area (Å²) in [7, 11) is 1.63. The van der Waals surface area contributed by atoms with E-state index < -0.39 is 0 Å². The number of aryl methyl sites for hydroxylation is 1. The number of piperidine rings is 1. The van der Waals surface area contributed by atoms with E-state index in [2.05, 4.69) is 11.9 Å². The Labute approximate surface area is 148 Å². The monoisotopic (exact) mass is 342 g/mol. The lowest BCUT2D eigenvalue weighted by atomic mass is 9.77. The minimum atomic E-state index is -0.0238. The molecule has 3 rings (SSSR count). The first-order chi connectivity index (χ1) is 12.0. The SMILES string of the molecule is CCC1(CO)CCN(C(=O)c2cc3ccc(OC)cc3nc2C)CC1. The number of pyridine rings is 1. The van der Waals surface area contributed by atoms with E-state index in [4.69, 9.17) is 4.74 Å². The molecule has 0 spiro atoms. The Kier molecular flexibility index (Phi) is 4.95. The standard InChI is InChI=1S/C20H26N2O3/c1-4-20(13-23)7-9-22(10-8-20)19(24)17-11-15-5-6-16(25-3)12-18(15)21-14(17)2/h5-6,11-12,23H,4,7-10,13H2,1-3H3. The number of methoxy groups -OCH3 is 1. The molecule has 25 heavy (non-hydrogen) atoms. The van der Waals surface area contributed by atoms with Crippen molar-refractivity contribution in [2.24, 2.45) is 5.41 Å². The van der Waals surface area contributed by atoms with Crippen LogP contribution in [0.1, 0.15) is 42.2 Å². The van der Waals surface area contributed by atoms with E-state index in [0.29, 0.717) is 18.7 Å². The molecule has 1 aliphatic rings. The van der Waals surface area contributed by atoms with Crippen LogP contribution in [0, 0.1) is 12.3 Å². The van der Waals surface area contributed by atoms with E-state index in [-0.39, 0.29) is 17.9 Å². The van der Waals surface area contributed by atoms with Gasteiger partial charge < -0.3 is 14.7 Å². The van der Waals surface area contributed by atoms with Crippen molar-refractivity contribution in [1.29, 1.82) is 0 Å². The maximum Gasteiger partial charge on any atom is 0.255 e. The van der Waals surface area contributed by atoms with Crippen LogP contribution < -0.4 is 4.74 Å². The van der Waals surface area contributed by atoms with Crippen LogP contribution >= 0.6 is 0 Å². The Balaban J connectivity index is 1.84. The molecule has 1 aliphatic heterocycles. The number of hydrogen-bond donors (Lipinski definition) is 1. The zero-order valence-corrected chi connectivity index (χ0v) is 15.2. The second kappa shape index (κ2) is 7.00. The number of likely N-dealkylation sites (tertiary alicyclic amines) is 1. The van der Waals surface area contributed by atoms with Crippen LogP contribution in [0.3, 0.4) is 0 Å². The van der Waals surface area contributed by atoms with Crippen molar-refractivity contribution in [3.05, 3.63) is 35.5 Å². The van der Waals surface area contributed by atoms with Gasteiger partial charge in [0.15, 0.2) is 0 Å². The Morgan fingerprint density at radius 1 is 1.32 bits per heavy atom. The highest BCUT2D eigenvalue weighted by molar-refractivity contribution is 5.98. The van der Waals surface area contributed by atoms with Gasteiger partial charge in [-0.25, -0.2) is 0 Å². The van der Waals surface area contributed by atoms with Gasteiger partial charge in [0.1, 0.15) is 5.75 Å². The van der Waals surface area contributed by atoms with Crippen LogP contribution in [-0.4, -0.2) is 47.7 Å². The van der Waals surface area contributed by atoms with Gasteiger partial charge in [-0.1, -0.05) is 6.92 Å². The van der Waals surface area contributed by atoms with E-state index in [1.165, 1.54) is 0 Å². The highest BCUT2D eigenvalue weighted by Gasteiger charge is 2.34. The Bertz CT molecular complexity index is 774. The molecule has 2 aromatic rings. The van der Waals surface area contributed by atoms with Crippen LogP contribution in [0.2, 0.25) is 0 Å². The van der Waals surface area contributed by atoms with Gasteiger partial charge in [-0.2, -0.15) is 0 Å². The lowest BCUT2D eigenvalue weighted by Crippen LogP contribution is -2.44. The molecule has 1 N–H and O–H groups in total. The van der Waals surface area contributed by atoms with E-state index in [1.807, 2.05) is 36.1 Å². The molecular formula is C20H26N2O3. The van der Waals surface area contributed by atoms with E-state index >= 15 is 0 Å². The fourth-order valence-electron chi connectivity index (χ4n) is 3.56. The van der Waals surface area contributed by atoms with Crippen molar-refractivity contribution in [1.82, 2.24) is 9.88 Å². The highest BCUT2D eigenvalue weighted by Crippen LogP contribution is 2.35. The number of ether oxygens (including phenoxy) is 1. The number of benzene rings is 1. The summed E-state index contributed by atoms with van der Waals surface area (Å²) < 4.78 is 5.24. The number of fused-ring (bicyclic) bond motifs is 1. The average Bonchev–Trinajstić information content (AvgIpc) is 2.66. The second-order valence-corrected chi connectivity index (χ2v) is 6.98. The van der Waals surface area contributed by atoms with Gasteiger partial charge in [-0.05, 0) is 49.8 Å². The first kappa shape index (κ1) is 17.7. The molecule has 0 saturated carbocycles. The Morgan fingerprint density at radius 3 is 2.64 bits per heavy atom. The predicted molar refractivity (Wildman–Crippen MR) is 98.0 cm³/mol. The summed E-state index contributed by atoms with van der Waals surface area (Å²) in [5, 5.41) is 10.6. The first-order valence-corrected chi connectivity index (χ1v) is 8.87. The largest absolute Gasteiger partial charge is 0.497 e. The summed E-state index contributed by atoms with van der Waals surface area (Å²) in [6.07, 6.45) is 2.65. The molecule has 1 amide bonds. The Morgan fingerprint density at radius 2 is 2.04 bits per heavy atom. The van der Waals surface area contributed by atoms with Crippen LogP contribution in [0.25, 0.3) is 10.9 Å². The molecule has 0 atom stereocenters. The molecule has 2 heterocycles. The van der Waals surface area contributed by atoms with E-state index in [1.54, 1.807) is 7.11 Å². The molecule has 0 bridgehead atoms. The van der Waals surface area contributed by atoms with Gasteiger partial charge in [-0.3, -0.25) is 9.78 Å². The second-order valence-electron chi connectivity index (χ2n) is 6.98. The number of aliphatic hydroxyl groups is 1. The molecule has 1 aromatic heterocycles. The van der Waals surface area contributed by atoms with Crippen LogP contribution in [-0.2, 0) is 0 Å². The van der Waals surface area contributed by atoms with Crippen molar-refractivity contribution in [2.75, 3.05) is 26.8 Å². The molecule has 1 saturated heterocycles. The number of nitrogens with zero attached hydrogens (tertiary/aromatic N) is 2. The van der Waals surface area contributed by atoms with Crippen LogP contribution in [0.15, 0.2) is 24.3 Å². The maximum atomic E-state index is 13.0. The minimum absolute atomic E-state index is 0.0238. The lowest BCUT2D eigenvalue weighted by molar-refractivity contribution is 0.0337. The molecule has 1 aromatic carbocycles. The third kappa shape index (κ3) is 3.33. The summed E-state index contributed by atoms with van der Waals surface area (Å²) in [6.45, 7) is 5.56. The van der Waals surface area contributed by atoms with Crippen molar-refractivity contribution in [2.45, 2.75) is 33.1 Å². The number of aliphatic hydroxyl groups excluding tert-OH is 1. The lowest BCUT2D eigenvalue weighted by Gasteiger charge is -2.40. The van der Waals surface area contributed by atoms with Crippen molar-refractivity contribution in [3.8, 4) is 5.75 Å². The van der Waals surface area contributed by atoms with Gasteiger partial charge in [0.05, 0.1) is 23.9 Å². The minimum Gasteiger partial charge on any atom is -0.497 e. The third-order valence-corrected chi connectivity index (χ3v) is 5.64. The van der Waals surface area contributed by atoms with E-state index in [0.717, 1.165) is 41.6 Å². The summed E-state index contributed by atoms with van der Waals surface area (Å²) in [5.74, 6) is 0.791. The van der Waals surface area contributed by atoms with E-state index in [9.17, 15) is 9.90 Å². The fourth-order valence-corrected chi connectivity index (χ4v) is 3.56. The zero-order valence-electron chi connectivity index (χ0n) is 15.2. The number of rotatable bonds is 4. The van der Waals surface area contributed by atoms with Gasteiger partial charge in [0, 0.05) is 31.1 Å². The number of amides is 1. The zero-order chi connectivity index (χ0) is 18.0. The van der Waals surface area contributed by atoms with Gasteiger partial charge in [-0.15, -0.1) is 0 Å². The Hall–Kier alpha value is -2.14. The summed E-state index contributed by atoms with van der Waals surface area (Å²) in [4.78, 5) is 19.5. The highest BCUT2D eigenvalue weighted by atomic mass is 16.5. The molecule has 5 nitrogen and oxygen atoms in total. The average molecular weight is 342 g/mol. The van der Waals surface area contributed by atoms with Gasteiger partial charge in [0.25, 0.3) is 5.91 Å². The number of carbonyl (C=O) groups is 1. The molecule has 0 unspecified atom stereocenters. The quantitative estimate of drug-likeness (QED) is 0.927. The predicted octanol–water partition coefficient (Wildman–Crippen LogP) is 3.18. The van der Waals surface area contributed by atoms with Crippen molar-refractivity contribution < 1.29 is 14.6 Å². The summed E-state index contributed by atoms with van der Waals surface area (Å²) in [5.41, 5.74) is 2.20. The van der Waals surface area contributed by atoms with Gasteiger partial charge in [0.2, 0.25) is 0 Å². The van der Waals surface area contributed by atoms with Crippen LogP contribution in [0.5, 0.6) is 5.75 Å². The molecule has 0 radical (unpaired) electrons. The summed E-state index contributed by atoms with van der Waals surface area (Å²) in [6, 6.07) is 7.62.